The average Bonchev–Trinajstić information content (AvgIpc) is 3.64. The summed E-state index contributed by atoms with van der Waals surface area (Å²) in [6, 6.07) is 14.5. The van der Waals surface area contributed by atoms with Gasteiger partial charge in [-0.25, -0.2) is 9.07 Å². The highest BCUT2D eigenvalue weighted by Gasteiger charge is 2.36. The van der Waals surface area contributed by atoms with E-state index < -0.39 is 29.3 Å². The number of nitrogens with two attached hydrogens (primary N) is 1. The summed E-state index contributed by atoms with van der Waals surface area (Å²) in [4.78, 5) is 28.6. The number of halogens is 4. The van der Waals surface area contributed by atoms with Crippen LogP contribution in [0.3, 0.4) is 0 Å². The number of rotatable bonds is 9. The number of carbonyl (C=O) groups excluding carboxylic acids is 1. The quantitative estimate of drug-likeness (QED) is 0.230. The van der Waals surface area contributed by atoms with E-state index in [4.69, 9.17) is 5.73 Å². The predicted octanol–water partition coefficient (Wildman–Crippen LogP) is 5.75. The number of nitrogens with one attached hydrogen (secondary N) is 2. The van der Waals surface area contributed by atoms with Crippen LogP contribution in [-0.4, -0.2) is 20.7 Å². The maximum Gasteiger partial charge on any atom is 0.435 e. The SMILES string of the molecule is NCc1cccc(-n2nc(C(F)(F)F)cc2C(=O)Nc2cc(C(CCC3CC3)c3ccc[nH]c3=O)ccc2F)c1. The molecule has 7 nitrogen and oxygen atoms in total. The van der Waals surface area contributed by atoms with Gasteiger partial charge in [-0.2, -0.15) is 18.3 Å². The number of hydrogen-bond donors (Lipinski definition) is 3. The van der Waals surface area contributed by atoms with Crippen LogP contribution in [0.15, 0.2) is 71.7 Å². The molecule has 2 aromatic heterocycles. The largest absolute Gasteiger partial charge is 0.435 e. The Kier molecular flexibility index (Phi) is 7.57. The molecule has 208 valence electrons. The molecule has 5 rings (SSSR count). The molecule has 4 aromatic rings. The minimum Gasteiger partial charge on any atom is -0.329 e. The predicted molar refractivity (Wildman–Crippen MR) is 142 cm³/mol. The van der Waals surface area contributed by atoms with Crippen LogP contribution in [0.1, 0.15) is 64.5 Å². The number of aromatic amines is 1. The van der Waals surface area contributed by atoms with Gasteiger partial charge in [-0.15, -0.1) is 0 Å². The van der Waals surface area contributed by atoms with Crippen molar-refractivity contribution in [3.8, 4) is 5.69 Å². The summed E-state index contributed by atoms with van der Waals surface area (Å²) in [6.07, 6.45) is 0.514. The first kappa shape index (κ1) is 27.3. The first-order chi connectivity index (χ1) is 19.1. The number of pyridine rings is 1. The lowest BCUT2D eigenvalue weighted by molar-refractivity contribution is -0.141. The van der Waals surface area contributed by atoms with Crippen molar-refractivity contribution in [3.63, 3.8) is 0 Å². The lowest BCUT2D eigenvalue weighted by Crippen LogP contribution is -2.19. The summed E-state index contributed by atoms with van der Waals surface area (Å²) in [5.74, 6) is -1.52. The van der Waals surface area contributed by atoms with Crippen LogP contribution in [0.25, 0.3) is 5.69 Å². The number of nitrogens with zero attached hydrogens (tertiary/aromatic N) is 2. The monoisotopic (exact) mass is 553 g/mol. The topological polar surface area (TPSA) is 106 Å². The van der Waals surface area contributed by atoms with Crippen LogP contribution in [0, 0.1) is 11.7 Å². The minimum atomic E-state index is -4.81. The van der Waals surface area contributed by atoms with E-state index in [1.54, 1.807) is 30.3 Å². The van der Waals surface area contributed by atoms with Crippen LogP contribution in [0.5, 0.6) is 0 Å². The number of aromatic nitrogens is 3. The molecule has 2 heterocycles. The van der Waals surface area contributed by atoms with E-state index in [0.29, 0.717) is 35.1 Å². The third-order valence-corrected chi connectivity index (χ3v) is 7.05. The molecule has 0 radical (unpaired) electrons. The van der Waals surface area contributed by atoms with Crippen molar-refractivity contribution in [2.45, 2.75) is 44.3 Å². The second-order valence-corrected chi connectivity index (χ2v) is 9.92. The number of alkyl halides is 3. The van der Waals surface area contributed by atoms with Crippen LogP contribution >= 0.6 is 0 Å². The van der Waals surface area contributed by atoms with Crippen molar-refractivity contribution in [1.29, 1.82) is 0 Å². The highest BCUT2D eigenvalue weighted by Crippen LogP contribution is 2.39. The first-order valence-corrected chi connectivity index (χ1v) is 12.9. The Hall–Kier alpha value is -4.25. The highest BCUT2D eigenvalue weighted by molar-refractivity contribution is 6.03. The fourth-order valence-electron chi connectivity index (χ4n) is 4.75. The molecule has 11 heteroatoms. The fraction of sp³-hybridized carbons (Fsp3) is 0.276. The number of carbonyl (C=O) groups is 1. The normalized spacial score (nSPS) is 14.2. The molecule has 4 N–H and O–H groups in total. The average molecular weight is 554 g/mol. The third-order valence-electron chi connectivity index (χ3n) is 7.05. The number of hydrogen-bond acceptors (Lipinski definition) is 4. The van der Waals surface area contributed by atoms with Gasteiger partial charge in [-0.05, 0) is 60.2 Å². The summed E-state index contributed by atoms with van der Waals surface area (Å²) in [6.45, 7) is 0.132. The molecular formula is C29H27F4N5O2. The Bertz CT molecular complexity index is 1590. The summed E-state index contributed by atoms with van der Waals surface area (Å²) in [5, 5.41) is 6.03. The van der Waals surface area contributed by atoms with Crippen LogP contribution < -0.4 is 16.6 Å². The van der Waals surface area contributed by atoms with E-state index in [-0.39, 0.29) is 29.4 Å². The number of amides is 1. The zero-order valence-corrected chi connectivity index (χ0v) is 21.3. The standard InChI is InChI=1S/C29H27F4N5O2/c30-23-11-9-19(21(10-8-17-6-7-17)22-5-2-12-35-27(22)39)14-24(23)36-28(40)25-15-26(29(31,32)33)37-38(25)20-4-1-3-18(13-20)16-34/h1-5,9,11-15,17,21H,6-8,10,16,34H2,(H,35,39)(H,36,40). The van der Waals surface area contributed by atoms with Crippen molar-refractivity contribution < 1.29 is 22.4 Å². The summed E-state index contributed by atoms with van der Waals surface area (Å²) in [5.41, 5.74) is 5.42. The van der Waals surface area contributed by atoms with E-state index in [0.717, 1.165) is 23.9 Å². The molecule has 1 atom stereocenters. The molecule has 40 heavy (non-hydrogen) atoms. The van der Waals surface area contributed by atoms with Crippen molar-refractivity contribution in [1.82, 2.24) is 14.8 Å². The molecule has 0 saturated heterocycles. The van der Waals surface area contributed by atoms with Gasteiger partial charge >= 0.3 is 6.18 Å². The molecule has 0 aliphatic heterocycles. The fourth-order valence-corrected chi connectivity index (χ4v) is 4.75. The van der Waals surface area contributed by atoms with Crippen molar-refractivity contribution >= 4 is 11.6 Å². The Labute approximate surface area is 227 Å². The van der Waals surface area contributed by atoms with Gasteiger partial charge in [-0.1, -0.05) is 37.1 Å². The van der Waals surface area contributed by atoms with E-state index in [9.17, 15) is 27.2 Å². The Balaban J connectivity index is 1.50. The van der Waals surface area contributed by atoms with Crippen molar-refractivity contribution in [2.24, 2.45) is 11.7 Å². The minimum absolute atomic E-state index is 0.132. The lowest BCUT2D eigenvalue weighted by Gasteiger charge is -2.19. The van der Waals surface area contributed by atoms with Gasteiger partial charge in [0, 0.05) is 30.3 Å². The second kappa shape index (κ2) is 11.1. The van der Waals surface area contributed by atoms with Gasteiger partial charge in [0.1, 0.15) is 11.5 Å². The van der Waals surface area contributed by atoms with Gasteiger partial charge in [0.2, 0.25) is 0 Å². The molecular weight excluding hydrogens is 526 g/mol. The molecule has 2 aromatic carbocycles. The van der Waals surface area contributed by atoms with Gasteiger partial charge < -0.3 is 16.0 Å². The molecule has 1 fully saturated rings. The zero-order valence-electron chi connectivity index (χ0n) is 21.3. The molecule has 1 unspecified atom stereocenters. The second-order valence-electron chi connectivity index (χ2n) is 9.92. The molecule has 1 aliphatic carbocycles. The van der Waals surface area contributed by atoms with E-state index in [1.165, 1.54) is 30.5 Å². The number of H-pyrrole nitrogens is 1. The molecule has 1 amide bonds. The maximum absolute atomic E-state index is 14.9. The van der Waals surface area contributed by atoms with Gasteiger partial charge in [-0.3, -0.25) is 9.59 Å². The van der Waals surface area contributed by atoms with Crippen LogP contribution in [0.4, 0.5) is 23.2 Å². The summed E-state index contributed by atoms with van der Waals surface area (Å²) >= 11 is 0. The summed E-state index contributed by atoms with van der Waals surface area (Å²) < 4.78 is 56.4. The molecule has 1 aliphatic rings. The Morgan fingerprint density at radius 3 is 2.62 bits per heavy atom. The van der Waals surface area contributed by atoms with E-state index in [1.807, 2.05) is 0 Å². The molecule has 0 spiro atoms. The van der Waals surface area contributed by atoms with E-state index >= 15 is 0 Å². The molecule has 0 bridgehead atoms. The third kappa shape index (κ3) is 5.99. The van der Waals surface area contributed by atoms with Crippen LogP contribution in [-0.2, 0) is 12.7 Å². The Morgan fingerprint density at radius 2 is 1.93 bits per heavy atom. The van der Waals surface area contributed by atoms with E-state index in [2.05, 4.69) is 15.4 Å². The summed E-state index contributed by atoms with van der Waals surface area (Å²) in [7, 11) is 0. The lowest BCUT2D eigenvalue weighted by atomic mass is 9.87. The first-order valence-electron chi connectivity index (χ1n) is 12.9. The maximum atomic E-state index is 14.9. The Morgan fingerprint density at radius 1 is 1.12 bits per heavy atom. The zero-order chi connectivity index (χ0) is 28.4. The highest BCUT2D eigenvalue weighted by atomic mass is 19.4. The van der Waals surface area contributed by atoms with Crippen molar-refractivity contribution in [2.75, 3.05) is 5.32 Å². The van der Waals surface area contributed by atoms with Gasteiger partial charge in [0.25, 0.3) is 11.5 Å². The molecule has 1 saturated carbocycles. The number of benzene rings is 2. The number of anilines is 1. The van der Waals surface area contributed by atoms with Crippen molar-refractivity contribution in [3.05, 3.63) is 111 Å². The smallest absolute Gasteiger partial charge is 0.329 e. The van der Waals surface area contributed by atoms with Crippen LogP contribution in [0.2, 0.25) is 0 Å². The van der Waals surface area contributed by atoms with Gasteiger partial charge in [0.05, 0.1) is 11.4 Å². The van der Waals surface area contributed by atoms with Gasteiger partial charge in [0.15, 0.2) is 5.69 Å².